The maximum absolute atomic E-state index is 10.7. The molecule has 0 saturated carbocycles. The Hall–Kier alpha value is -0.170. The van der Waals surface area contributed by atoms with Crippen molar-refractivity contribution in [3.8, 4) is 0 Å². The van der Waals surface area contributed by atoms with E-state index < -0.39 is 10.0 Å². The molecule has 1 aliphatic heterocycles. The van der Waals surface area contributed by atoms with Crippen LogP contribution in [0.4, 0.5) is 0 Å². The van der Waals surface area contributed by atoms with Gasteiger partial charge < -0.3 is 9.64 Å². The van der Waals surface area contributed by atoms with E-state index in [-0.39, 0.29) is 5.75 Å². The highest BCUT2D eigenvalue weighted by Crippen LogP contribution is 2.12. The molecule has 2 N–H and O–H groups in total. The van der Waals surface area contributed by atoms with Gasteiger partial charge in [0.25, 0.3) is 0 Å². The first-order chi connectivity index (χ1) is 6.99. The molecule has 1 fully saturated rings. The summed E-state index contributed by atoms with van der Waals surface area (Å²) >= 11 is 0. The lowest BCUT2D eigenvalue weighted by Gasteiger charge is -2.31. The Morgan fingerprint density at radius 1 is 1.40 bits per heavy atom. The summed E-state index contributed by atoms with van der Waals surface area (Å²) < 4.78 is 26.7. The first-order valence-electron chi connectivity index (χ1n) is 5.27. The number of rotatable bonds is 5. The van der Waals surface area contributed by atoms with E-state index in [1.54, 1.807) is 0 Å². The molecule has 5 nitrogen and oxygen atoms in total. The minimum absolute atomic E-state index is 0.0700. The molecule has 1 heterocycles. The van der Waals surface area contributed by atoms with Crippen molar-refractivity contribution >= 4 is 10.0 Å². The molecule has 0 amide bonds. The lowest BCUT2D eigenvalue weighted by molar-refractivity contribution is 0.0432. The van der Waals surface area contributed by atoms with E-state index in [1.807, 2.05) is 7.05 Å². The molecule has 0 unspecified atom stereocenters. The summed E-state index contributed by atoms with van der Waals surface area (Å²) in [5.41, 5.74) is 0. The van der Waals surface area contributed by atoms with Crippen LogP contribution in [-0.2, 0) is 14.8 Å². The van der Waals surface area contributed by atoms with Crippen molar-refractivity contribution in [2.75, 3.05) is 32.6 Å². The van der Waals surface area contributed by atoms with Crippen molar-refractivity contribution in [1.29, 1.82) is 0 Å². The fourth-order valence-corrected chi connectivity index (χ4v) is 2.36. The summed E-state index contributed by atoms with van der Waals surface area (Å²) in [5, 5.41) is 4.93. The molecule has 0 atom stereocenters. The van der Waals surface area contributed by atoms with Crippen LogP contribution < -0.4 is 5.14 Å². The molecule has 1 saturated heterocycles. The second-order valence-electron chi connectivity index (χ2n) is 4.04. The lowest BCUT2D eigenvalue weighted by atomic mass is 10.1. The second kappa shape index (κ2) is 5.79. The number of nitrogens with two attached hydrogens (primary N) is 1. The van der Waals surface area contributed by atoms with E-state index in [2.05, 4.69) is 4.90 Å². The van der Waals surface area contributed by atoms with Gasteiger partial charge in [-0.15, -0.1) is 0 Å². The monoisotopic (exact) mass is 236 g/mol. The van der Waals surface area contributed by atoms with Crippen molar-refractivity contribution in [1.82, 2.24) is 4.90 Å². The third kappa shape index (κ3) is 5.46. The molecule has 1 aliphatic rings. The highest BCUT2D eigenvalue weighted by molar-refractivity contribution is 7.89. The number of ether oxygens (including phenoxy) is 1. The molecule has 90 valence electrons. The third-order valence-corrected chi connectivity index (χ3v) is 3.61. The predicted molar refractivity (Wildman–Crippen MR) is 59.1 cm³/mol. The Bertz CT molecular complexity index is 273. The molecule has 0 spiro atoms. The SMILES string of the molecule is CN(CCCS(N)(=O)=O)C1CCOCC1. The van der Waals surface area contributed by atoms with Gasteiger partial charge in [0.1, 0.15) is 0 Å². The summed E-state index contributed by atoms with van der Waals surface area (Å²) in [7, 11) is -1.27. The molecule has 0 aromatic heterocycles. The number of hydrogen-bond donors (Lipinski definition) is 1. The topological polar surface area (TPSA) is 72.6 Å². The summed E-state index contributed by atoms with van der Waals surface area (Å²) in [6.07, 6.45) is 2.67. The van der Waals surface area contributed by atoms with Gasteiger partial charge in [-0.05, 0) is 32.9 Å². The van der Waals surface area contributed by atoms with Gasteiger partial charge in [0.05, 0.1) is 5.75 Å². The van der Waals surface area contributed by atoms with Crippen LogP contribution in [0, 0.1) is 0 Å². The van der Waals surface area contributed by atoms with Gasteiger partial charge in [0, 0.05) is 19.3 Å². The Morgan fingerprint density at radius 3 is 2.53 bits per heavy atom. The zero-order chi connectivity index (χ0) is 11.3. The van der Waals surface area contributed by atoms with Crippen LogP contribution in [0.5, 0.6) is 0 Å². The Balaban J connectivity index is 2.20. The Kier molecular flexibility index (Phi) is 4.98. The zero-order valence-corrected chi connectivity index (χ0v) is 10.0. The number of hydrogen-bond acceptors (Lipinski definition) is 4. The lowest BCUT2D eigenvalue weighted by Crippen LogP contribution is -2.37. The number of nitrogens with zero attached hydrogens (tertiary/aromatic N) is 1. The van der Waals surface area contributed by atoms with Crippen molar-refractivity contribution < 1.29 is 13.2 Å². The van der Waals surface area contributed by atoms with Crippen LogP contribution in [0.1, 0.15) is 19.3 Å². The predicted octanol–water partition coefficient (Wildman–Crippen LogP) is -0.224. The summed E-state index contributed by atoms with van der Waals surface area (Å²) in [4.78, 5) is 2.20. The van der Waals surface area contributed by atoms with E-state index >= 15 is 0 Å². The summed E-state index contributed by atoms with van der Waals surface area (Å²) in [5.74, 6) is 0.0700. The van der Waals surface area contributed by atoms with Crippen molar-refractivity contribution in [3.05, 3.63) is 0 Å². The van der Waals surface area contributed by atoms with Crippen molar-refractivity contribution in [2.24, 2.45) is 5.14 Å². The largest absolute Gasteiger partial charge is 0.381 e. The van der Waals surface area contributed by atoms with Crippen LogP contribution in [0.15, 0.2) is 0 Å². The standard InChI is InChI=1S/C9H20N2O3S/c1-11(5-2-8-15(10,12)13)9-3-6-14-7-4-9/h9H,2-8H2,1H3,(H2,10,12,13). The molecule has 1 rings (SSSR count). The maximum Gasteiger partial charge on any atom is 0.209 e. The van der Waals surface area contributed by atoms with Crippen LogP contribution >= 0.6 is 0 Å². The third-order valence-electron chi connectivity index (χ3n) is 2.75. The maximum atomic E-state index is 10.7. The van der Waals surface area contributed by atoms with Crippen molar-refractivity contribution in [2.45, 2.75) is 25.3 Å². The minimum atomic E-state index is -3.30. The minimum Gasteiger partial charge on any atom is -0.381 e. The average molecular weight is 236 g/mol. The molecule has 15 heavy (non-hydrogen) atoms. The number of primary sulfonamides is 1. The molecule has 0 aromatic rings. The van der Waals surface area contributed by atoms with Gasteiger partial charge in [-0.2, -0.15) is 0 Å². The fourth-order valence-electron chi connectivity index (χ4n) is 1.82. The van der Waals surface area contributed by atoms with E-state index in [0.29, 0.717) is 12.5 Å². The molecule has 6 heteroatoms. The molecule has 0 bridgehead atoms. The first kappa shape index (κ1) is 12.9. The fraction of sp³-hybridized carbons (Fsp3) is 1.00. The molecular weight excluding hydrogens is 216 g/mol. The van der Waals surface area contributed by atoms with E-state index in [4.69, 9.17) is 9.88 Å². The second-order valence-corrected chi connectivity index (χ2v) is 5.78. The molecule has 0 aliphatic carbocycles. The Labute approximate surface area is 91.6 Å². The zero-order valence-electron chi connectivity index (χ0n) is 9.18. The highest BCUT2D eigenvalue weighted by atomic mass is 32.2. The Morgan fingerprint density at radius 2 is 2.00 bits per heavy atom. The van der Waals surface area contributed by atoms with Crippen LogP contribution in [0.2, 0.25) is 0 Å². The normalized spacial score (nSPS) is 19.7. The summed E-state index contributed by atoms with van der Waals surface area (Å²) in [6, 6.07) is 0.527. The molecule has 0 aromatic carbocycles. The smallest absolute Gasteiger partial charge is 0.209 e. The summed E-state index contributed by atoms with van der Waals surface area (Å²) in [6.45, 7) is 2.40. The van der Waals surface area contributed by atoms with Crippen LogP contribution in [0.25, 0.3) is 0 Å². The van der Waals surface area contributed by atoms with Crippen LogP contribution in [-0.4, -0.2) is 51.9 Å². The van der Waals surface area contributed by atoms with Gasteiger partial charge in [0.2, 0.25) is 10.0 Å². The van der Waals surface area contributed by atoms with Gasteiger partial charge >= 0.3 is 0 Å². The van der Waals surface area contributed by atoms with E-state index in [0.717, 1.165) is 32.6 Å². The van der Waals surface area contributed by atoms with Crippen LogP contribution in [0.3, 0.4) is 0 Å². The van der Waals surface area contributed by atoms with E-state index in [1.165, 1.54) is 0 Å². The highest BCUT2D eigenvalue weighted by Gasteiger charge is 2.18. The number of sulfonamides is 1. The first-order valence-corrected chi connectivity index (χ1v) is 6.99. The van der Waals surface area contributed by atoms with Gasteiger partial charge in [-0.1, -0.05) is 0 Å². The van der Waals surface area contributed by atoms with Gasteiger partial charge in [0.15, 0.2) is 0 Å². The van der Waals surface area contributed by atoms with Gasteiger partial charge in [-0.3, -0.25) is 0 Å². The molecular formula is C9H20N2O3S. The van der Waals surface area contributed by atoms with Gasteiger partial charge in [-0.25, -0.2) is 13.6 Å². The molecule has 0 radical (unpaired) electrons. The quantitative estimate of drug-likeness (QED) is 0.716. The van der Waals surface area contributed by atoms with Crippen molar-refractivity contribution in [3.63, 3.8) is 0 Å². The van der Waals surface area contributed by atoms with E-state index in [9.17, 15) is 8.42 Å². The average Bonchev–Trinajstić information content (AvgIpc) is 2.17.